The standard InChI is InChI=1S/C27H33N3O5.C26H31N3O5/c1-18(2)16-27(21-13-8-7-9-14-21)23(32)30(24(29-27)28-25(33)35-26(3,4)5)17-19-11-10-12-20(15-19)22(31)34-6;1-17(2)15-26(20-12-7-6-8-13-20)22(32)29(16-18-10-9-11-19(14-18)21(30)31)23(28-26)27-24(33)34-25(3,4)5/h7-15,18H,16-17H2,1-6H3,(H,28,29,33);6-14,17H,15-16H2,1-5H3,(H,30,31)(H,27,28,33). The molecule has 2 atom stereocenters. The molecule has 16 nitrogen and oxygen atoms in total. The number of carboxylic acid groups (broad SMARTS) is 1. The Morgan fingerprint density at radius 3 is 1.32 bits per heavy atom. The summed E-state index contributed by atoms with van der Waals surface area (Å²) in [6.07, 6.45) is -0.544. The first-order chi connectivity index (χ1) is 32.4. The molecule has 2 unspecified atom stereocenters. The summed E-state index contributed by atoms with van der Waals surface area (Å²) in [5.74, 6) is -1.63. The van der Waals surface area contributed by atoms with Gasteiger partial charge < -0.3 is 19.3 Å². The lowest BCUT2D eigenvalue weighted by Crippen LogP contribution is -2.47. The lowest BCUT2D eigenvalue weighted by atomic mass is 9.82. The van der Waals surface area contributed by atoms with Crippen LogP contribution in [0.25, 0.3) is 0 Å². The molecular weight excluding hydrogens is 881 g/mol. The van der Waals surface area contributed by atoms with E-state index in [1.54, 1.807) is 77.9 Å². The van der Waals surface area contributed by atoms with Crippen LogP contribution in [0.1, 0.15) is 125 Å². The monoisotopic (exact) mass is 944 g/mol. The second kappa shape index (κ2) is 21.7. The number of amides is 4. The number of nitrogens with one attached hydrogen (secondary N) is 2. The summed E-state index contributed by atoms with van der Waals surface area (Å²) >= 11 is 0. The molecule has 4 aromatic carbocycles. The van der Waals surface area contributed by atoms with Gasteiger partial charge in [-0.15, -0.1) is 0 Å². The third-order valence-electron chi connectivity index (χ3n) is 10.6. The number of esters is 1. The van der Waals surface area contributed by atoms with E-state index in [1.807, 2.05) is 88.4 Å². The highest BCUT2D eigenvalue weighted by Crippen LogP contribution is 2.41. The normalized spacial score (nSPS) is 18.0. The number of hydrogen-bond acceptors (Lipinski definition) is 11. The van der Waals surface area contributed by atoms with Crippen LogP contribution in [-0.4, -0.2) is 81.1 Å². The maximum atomic E-state index is 14.0. The molecular formula is C53H64N6O10. The van der Waals surface area contributed by atoms with Gasteiger partial charge in [-0.25, -0.2) is 29.2 Å². The number of guanidine groups is 2. The SMILES string of the molecule is CC(C)CC1(c2ccccc2)N=C(NC(=O)OC(C)(C)C)N(Cc2cccc(C(=O)O)c2)C1=O.COC(=O)c1cccc(CN2C(=O)C(CC(C)C)(c3ccccc3)N=C2NC(=O)OC(C)(C)C)c1. The number of carbonyl (C=O) groups excluding carboxylic acids is 5. The van der Waals surface area contributed by atoms with Crippen LogP contribution in [0.15, 0.2) is 119 Å². The van der Waals surface area contributed by atoms with Crippen LogP contribution in [0.3, 0.4) is 0 Å². The summed E-state index contributed by atoms with van der Waals surface area (Å²) < 4.78 is 15.6. The van der Waals surface area contributed by atoms with Crippen LogP contribution in [0.5, 0.6) is 0 Å². The fraction of sp³-hybridized carbons (Fsp3) is 0.396. The third kappa shape index (κ3) is 13.4. The minimum atomic E-state index is -1.22. The highest BCUT2D eigenvalue weighted by Gasteiger charge is 2.52. The number of carbonyl (C=O) groups is 6. The molecule has 4 amide bonds. The Bertz CT molecular complexity index is 2580. The molecule has 0 bridgehead atoms. The second-order valence-corrected chi connectivity index (χ2v) is 19.8. The van der Waals surface area contributed by atoms with Crippen molar-refractivity contribution in [3.8, 4) is 0 Å². The topological polar surface area (TPSA) is 206 Å². The minimum absolute atomic E-state index is 0.0429. The van der Waals surface area contributed by atoms with Gasteiger partial charge in [0.2, 0.25) is 11.9 Å². The van der Waals surface area contributed by atoms with Crippen molar-refractivity contribution < 1.29 is 48.1 Å². The average Bonchev–Trinajstić information content (AvgIpc) is 3.67. The first kappa shape index (κ1) is 52.6. The van der Waals surface area contributed by atoms with Crippen molar-refractivity contribution in [2.45, 2.75) is 117 Å². The van der Waals surface area contributed by atoms with E-state index in [0.717, 1.165) is 11.1 Å². The van der Waals surface area contributed by atoms with E-state index in [4.69, 9.17) is 24.2 Å². The van der Waals surface area contributed by atoms with Crippen molar-refractivity contribution in [3.63, 3.8) is 0 Å². The average molecular weight is 945 g/mol. The van der Waals surface area contributed by atoms with Gasteiger partial charge in [0.05, 0.1) is 31.3 Å². The number of carboxylic acids is 1. The van der Waals surface area contributed by atoms with Gasteiger partial charge in [0.15, 0.2) is 11.1 Å². The Labute approximate surface area is 404 Å². The van der Waals surface area contributed by atoms with E-state index < -0.39 is 46.4 Å². The molecule has 0 spiro atoms. The summed E-state index contributed by atoms with van der Waals surface area (Å²) in [5.41, 5.74) is -0.639. The highest BCUT2D eigenvalue weighted by molar-refractivity contribution is 6.12. The predicted octanol–water partition coefficient (Wildman–Crippen LogP) is 9.19. The number of rotatable bonds is 12. The molecule has 0 saturated carbocycles. The van der Waals surface area contributed by atoms with E-state index >= 15 is 0 Å². The largest absolute Gasteiger partial charge is 0.478 e. The quantitative estimate of drug-likeness (QED) is 0.0907. The summed E-state index contributed by atoms with van der Waals surface area (Å²) in [4.78, 5) is 89.2. The molecule has 0 fully saturated rings. The second-order valence-electron chi connectivity index (χ2n) is 19.8. The number of benzene rings is 4. The van der Waals surface area contributed by atoms with E-state index in [1.165, 1.54) is 29.0 Å². The Balaban J connectivity index is 0.000000258. The van der Waals surface area contributed by atoms with Gasteiger partial charge in [-0.05, 0) is 113 Å². The Morgan fingerprint density at radius 1 is 0.594 bits per heavy atom. The molecule has 6 rings (SSSR count). The molecule has 69 heavy (non-hydrogen) atoms. The van der Waals surface area contributed by atoms with E-state index in [0.29, 0.717) is 29.5 Å². The third-order valence-corrected chi connectivity index (χ3v) is 10.6. The smallest absolute Gasteiger partial charge is 0.414 e. The maximum absolute atomic E-state index is 14.0. The lowest BCUT2D eigenvalue weighted by Gasteiger charge is -2.28. The maximum Gasteiger partial charge on any atom is 0.414 e. The molecule has 2 aliphatic heterocycles. The Kier molecular flexibility index (Phi) is 16.6. The fourth-order valence-electron chi connectivity index (χ4n) is 8.06. The molecule has 3 N–H and O–H groups in total. The molecule has 0 radical (unpaired) electrons. The summed E-state index contributed by atoms with van der Waals surface area (Å²) in [7, 11) is 1.31. The zero-order valence-electron chi connectivity index (χ0n) is 41.3. The molecule has 366 valence electrons. The zero-order chi connectivity index (χ0) is 50.9. The van der Waals surface area contributed by atoms with Crippen LogP contribution in [0, 0.1) is 11.8 Å². The summed E-state index contributed by atoms with van der Waals surface area (Å²) in [6, 6.07) is 31.8. The van der Waals surface area contributed by atoms with Crippen molar-refractivity contribution in [2.75, 3.05) is 7.11 Å². The number of alkyl carbamates (subject to hydrolysis) is 2. The number of methoxy groups -OCH3 is 1. The lowest BCUT2D eigenvalue weighted by molar-refractivity contribution is -0.133. The van der Waals surface area contributed by atoms with Gasteiger partial charge in [0, 0.05) is 0 Å². The fourth-order valence-corrected chi connectivity index (χ4v) is 8.06. The molecule has 0 aromatic heterocycles. The van der Waals surface area contributed by atoms with Gasteiger partial charge >= 0.3 is 24.1 Å². The Morgan fingerprint density at radius 2 is 0.971 bits per heavy atom. The van der Waals surface area contributed by atoms with Gasteiger partial charge in [-0.2, -0.15) is 0 Å². The molecule has 2 heterocycles. The molecule has 4 aromatic rings. The number of aromatic carboxylic acids is 1. The van der Waals surface area contributed by atoms with Gasteiger partial charge in [-0.1, -0.05) is 113 Å². The first-order valence-electron chi connectivity index (χ1n) is 22.8. The van der Waals surface area contributed by atoms with Crippen LogP contribution >= 0.6 is 0 Å². The van der Waals surface area contributed by atoms with E-state index in [-0.39, 0.29) is 54.2 Å². The first-order valence-corrected chi connectivity index (χ1v) is 22.8. The van der Waals surface area contributed by atoms with Crippen molar-refractivity contribution in [1.82, 2.24) is 20.4 Å². The van der Waals surface area contributed by atoms with Crippen molar-refractivity contribution in [1.29, 1.82) is 0 Å². The highest BCUT2D eigenvalue weighted by atomic mass is 16.6. The van der Waals surface area contributed by atoms with Gasteiger partial charge in [0.1, 0.15) is 11.2 Å². The van der Waals surface area contributed by atoms with Crippen molar-refractivity contribution in [3.05, 3.63) is 143 Å². The molecule has 16 heteroatoms. The van der Waals surface area contributed by atoms with Crippen molar-refractivity contribution in [2.24, 2.45) is 21.8 Å². The summed E-state index contributed by atoms with van der Waals surface area (Å²) in [6.45, 7) is 18.7. The van der Waals surface area contributed by atoms with E-state index in [9.17, 15) is 33.9 Å². The van der Waals surface area contributed by atoms with Crippen molar-refractivity contribution >= 4 is 47.9 Å². The number of hydrogen-bond donors (Lipinski definition) is 3. The van der Waals surface area contributed by atoms with Crippen LogP contribution < -0.4 is 10.6 Å². The van der Waals surface area contributed by atoms with E-state index in [2.05, 4.69) is 10.6 Å². The van der Waals surface area contributed by atoms with Crippen LogP contribution in [-0.2, 0) is 48.0 Å². The van der Waals surface area contributed by atoms with Crippen LogP contribution in [0.4, 0.5) is 9.59 Å². The zero-order valence-corrected chi connectivity index (χ0v) is 41.3. The number of aliphatic imine (C=N–C) groups is 2. The predicted molar refractivity (Wildman–Crippen MR) is 261 cm³/mol. The van der Waals surface area contributed by atoms with Crippen LogP contribution in [0.2, 0.25) is 0 Å². The minimum Gasteiger partial charge on any atom is -0.478 e. The molecule has 2 aliphatic rings. The Hall–Kier alpha value is -7.36. The number of nitrogens with zero attached hydrogens (tertiary/aromatic N) is 4. The molecule has 0 saturated heterocycles. The van der Waals surface area contributed by atoms with Gasteiger partial charge in [0.25, 0.3) is 11.8 Å². The van der Waals surface area contributed by atoms with Gasteiger partial charge in [-0.3, -0.25) is 30.0 Å². The number of ether oxygens (including phenoxy) is 3. The summed E-state index contributed by atoms with van der Waals surface area (Å²) in [5, 5.41) is 14.7. The molecule has 0 aliphatic carbocycles.